The van der Waals surface area contributed by atoms with Crippen LogP contribution < -0.4 is 5.73 Å². The summed E-state index contributed by atoms with van der Waals surface area (Å²) in [6.45, 7) is 10.6. The molecule has 0 aromatic carbocycles. The maximum absolute atomic E-state index is 5.98. The van der Waals surface area contributed by atoms with E-state index in [9.17, 15) is 0 Å². The normalized spacial score (nSPS) is 15.2. The summed E-state index contributed by atoms with van der Waals surface area (Å²) in [7, 11) is 2.17. The van der Waals surface area contributed by atoms with E-state index in [-0.39, 0.29) is 6.04 Å². The Bertz CT molecular complexity index is 359. The largest absolute Gasteiger partial charge is 0.329 e. The smallest absolute Gasteiger partial charge is 0.0538 e. The van der Waals surface area contributed by atoms with Crippen LogP contribution in [0, 0.1) is 5.92 Å². The minimum absolute atomic E-state index is 0.263. The quantitative estimate of drug-likeness (QED) is 0.787. The van der Waals surface area contributed by atoms with Crippen LogP contribution in [-0.2, 0) is 6.54 Å². The molecule has 19 heavy (non-hydrogen) atoms. The number of nitrogens with two attached hydrogens (primary N) is 1. The molecule has 1 rings (SSSR count). The number of likely N-dealkylation sites (N-methyl/N-ethyl adjacent to an activating group) is 1. The highest BCUT2D eigenvalue weighted by Crippen LogP contribution is 2.22. The van der Waals surface area contributed by atoms with Crippen LogP contribution >= 0.6 is 0 Å². The van der Waals surface area contributed by atoms with E-state index in [1.54, 1.807) is 0 Å². The topological polar surface area (TPSA) is 47.1 Å². The van der Waals surface area contributed by atoms with Crippen molar-refractivity contribution in [1.29, 1.82) is 0 Å². The second kappa shape index (κ2) is 7.65. The van der Waals surface area contributed by atoms with Crippen LogP contribution in [0.1, 0.15) is 52.1 Å². The predicted molar refractivity (Wildman–Crippen MR) is 81.0 cm³/mol. The van der Waals surface area contributed by atoms with Gasteiger partial charge in [-0.3, -0.25) is 9.58 Å². The Hall–Kier alpha value is -0.870. The van der Waals surface area contributed by atoms with Gasteiger partial charge in [0, 0.05) is 30.9 Å². The minimum Gasteiger partial charge on any atom is -0.329 e. The zero-order chi connectivity index (χ0) is 14.4. The van der Waals surface area contributed by atoms with Gasteiger partial charge in [0.2, 0.25) is 0 Å². The van der Waals surface area contributed by atoms with Crippen molar-refractivity contribution >= 4 is 0 Å². The maximum Gasteiger partial charge on any atom is 0.0538 e. The third-order valence-corrected chi connectivity index (χ3v) is 3.71. The summed E-state index contributed by atoms with van der Waals surface area (Å²) in [5.74, 6) is 0.707. The Morgan fingerprint density at radius 3 is 2.58 bits per heavy atom. The van der Waals surface area contributed by atoms with E-state index in [0.29, 0.717) is 18.5 Å². The summed E-state index contributed by atoms with van der Waals surface area (Å²) in [6, 6.07) is 0.794. The van der Waals surface area contributed by atoms with E-state index in [2.05, 4.69) is 50.9 Å². The van der Waals surface area contributed by atoms with Crippen LogP contribution in [0.3, 0.4) is 0 Å². The third-order valence-electron chi connectivity index (χ3n) is 3.71. The molecule has 0 aliphatic carbocycles. The number of aryl methyl sites for hydroxylation is 1. The summed E-state index contributed by atoms with van der Waals surface area (Å²) in [4.78, 5) is 2.38. The highest BCUT2D eigenvalue weighted by Gasteiger charge is 2.22. The SMILES string of the molecule is CCCn1cc(C(CN)N(C)C(C)CC(C)C)cn1. The summed E-state index contributed by atoms with van der Waals surface area (Å²) < 4.78 is 2.01. The summed E-state index contributed by atoms with van der Waals surface area (Å²) in [5, 5.41) is 4.41. The lowest BCUT2D eigenvalue weighted by Crippen LogP contribution is -2.37. The number of rotatable bonds is 8. The molecule has 0 saturated heterocycles. The van der Waals surface area contributed by atoms with E-state index >= 15 is 0 Å². The average molecular weight is 266 g/mol. The Labute approximate surface area is 118 Å². The standard InChI is InChI=1S/C15H30N4/c1-6-7-19-11-14(10-17-19)15(9-16)18(5)13(4)8-12(2)3/h10-13,15H,6-9,16H2,1-5H3. The van der Waals surface area contributed by atoms with Gasteiger partial charge < -0.3 is 5.73 Å². The molecule has 4 heteroatoms. The van der Waals surface area contributed by atoms with Gasteiger partial charge in [0.1, 0.15) is 0 Å². The molecular weight excluding hydrogens is 236 g/mol. The van der Waals surface area contributed by atoms with Crippen LogP contribution in [0.4, 0.5) is 0 Å². The number of hydrogen-bond acceptors (Lipinski definition) is 3. The van der Waals surface area contributed by atoms with Crippen molar-refractivity contribution in [3.8, 4) is 0 Å². The minimum atomic E-state index is 0.263. The fourth-order valence-electron chi connectivity index (χ4n) is 2.60. The second-order valence-corrected chi connectivity index (χ2v) is 5.93. The molecule has 1 aromatic rings. The Balaban J connectivity index is 2.74. The van der Waals surface area contributed by atoms with Crippen LogP contribution in [0.15, 0.2) is 12.4 Å². The van der Waals surface area contributed by atoms with Gasteiger partial charge in [0.15, 0.2) is 0 Å². The molecule has 0 aliphatic heterocycles. The lowest BCUT2D eigenvalue weighted by Gasteiger charge is -2.32. The number of nitrogens with zero attached hydrogens (tertiary/aromatic N) is 3. The molecule has 1 heterocycles. The summed E-state index contributed by atoms with van der Waals surface area (Å²) in [5.41, 5.74) is 7.21. The van der Waals surface area contributed by atoms with E-state index in [4.69, 9.17) is 5.73 Å². The zero-order valence-corrected chi connectivity index (χ0v) is 13.1. The zero-order valence-electron chi connectivity index (χ0n) is 13.1. The van der Waals surface area contributed by atoms with Crippen molar-refractivity contribution in [2.24, 2.45) is 11.7 Å². The van der Waals surface area contributed by atoms with Gasteiger partial charge >= 0.3 is 0 Å². The molecule has 0 radical (unpaired) electrons. The summed E-state index contributed by atoms with van der Waals surface area (Å²) >= 11 is 0. The van der Waals surface area contributed by atoms with Gasteiger partial charge in [-0.2, -0.15) is 5.10 Å². The van der Waals surface area contributed by atoms with Gasteiger partial charge in [0.05, 0.1) is 12.2 Å². The Kier molecular flexibility index (Phi) is 6.52. The number of aromatic nitrogens is 2. The van der Waals surface area contributed by atoms with Crippen molar-refractivity contribution in [3.63, 3.8) is 0 Å². The molecule has 0 fully saturated rings. The molecule has 2 N–H and O–H groups in total. The molecule has 0 bridgehead atoms. The van der Waals surface area contributed by atoms with E-state index in [0.717, 1.165) is 13.0 Å². The molecule has 4 nitrogen and oxygen atoms in total. The first-order valence-electron chi connectivity index (χ1n) is 7.43. The molecular formula is C15H30N4. The monoisotopic (exact) mass is 266 g/mol. The molecule has 0 spiro atoms. The highest BCUT2D eigenvalue weighted by molar-refractivity contribution is 5.11. The fraction of sp³-hybridized carbons (Fsp3) is 0.800. The molecule has 0 amide bonds. The van der Waals surface area contributed by atoms with E-state index in [1.165, 1.54) is 12.0 Å². The van der Waals surface area contributed by atoms with Gasteiger partial charge in [-0.25, -0.2) is 0 Å². The van der Waals surface area contributed by atoms with Crippen LogP contribution in [0.2, 0.25) is 0 Å². The molecule has 0 aliphatic rings. The second-order valence-electron chi connectivity index (χ2n) is 5.93. The van der Waals surface area contributed by atoms with Crippen molar-refractivity contribution in [1.82, 2.24) is 14.7 Å². The van der Waals surface area contributed by atoms with Gasteiger partial charge in [0.25, 0.3) is 0 Å². The number of hydrogen-bond donors (Lipinski definition) is 1. The van der Waals surface area contributed by atoms with Gasteiger partial charge in [-0.15, -0.1) is 0 Å². The molecule has 0 saturated carbocycles. The van der Waals surface area contributed by atoms with Gasteiger partial charge in [-0.1, -0.05) is 20.8 Å². The van der Waals surface area contributed by atoms with Crippen LogP contribution in [-0.4, -0.2) is 34.3 Å². The van der Waals surface area contributed by atoms with Crippen molar-refractivity contribution < 1.29 is 0 Å². The van der Waals surface area contributed by atoms with E-state index in [1.807, 2.05) is 10.9 Å². The Morgan fingerprint density at radius 1 is 1.37 bits per heavy atom. The third kappa shape index (κ3) is 4.62. The lowest BCUT2D eigenvalue weighted by atomic mass is 10.0. The predicted octanol–water partition coefficient (Wildman–Crippen LogP) is 2.66. The molecule has 1 aromatic heterocycles. The van der Waals surface area contributed by atoms with Crippen LogP contribution in [0.5, 0.6) is 0 Å². The first-order valence-corrected chi connectivity index (χ1v) is 7.43. The van der Waals surface area contributed by atoms with Crippen LogP contribution in [0.25, 0.3) is 0 Å². The molecule has 2 atom stereocenters. The Morgan fingerprint density at radius 2 is 2.05 bits per heavy atom. The van der Waals surface area contributed by atoms with Crippen molar-refractivity contribution in [3.05, 3.63) is 18.0 Å². The fourth-order valence-corrected chi connectivity index (χ4v) is 2.60. The first-order chi connectivity index (χ1) is 8.99. The average Bonchev–Trinajstić information content (AvgIpc) is 2.78. The molecule has 110 valence electrons. The summed E-state index contributed by atoms with van der Waals surface area (Å²) in [6.07, 6.45) is 6.40. The highest BCUT2D eigenvalue weighted by atomic mass is 15.3. The molecule has 2 unspecified atom stereocenters. The van der Waals surface area contributed by atoms with E-state index < -0.39 is 0 Å². The van der Waals surface area contributed by atoms with Crippen molar-refractivity contribution in [2.75, 3.05) is 13.6 Å². The lowest BCUT2D eigenvalue weighted by molar-refractivity contribution is 0.168. The van der Waals surface area contributed by atoms with Crippen molar-refractivity contribution in [2.45, 2.75) is 59.2 Å². The first kappa shape index (κ1) is 16.2. The maximum atomic E-state index is 5.98. The van der Waals surface area contributed by atoms with Gasteiger partial charge in [-0.05, 0) is 32.7 Å².